The van der Waals surface area contributed by atoms with Gasteiger partial charge >= 0.3 is 12.1 Å². The van der Waals surface area contributed by atoms with Crippen LogP contribution in [-0.4, -0.2) is 69.8 Å². The number of amides is 3. The molecule has 222 valence electrons. The maximum atomic E-state index is 14.3. The minimum absolute atomic E-state index is 0.0262. The Labute approximate surface area is 239 Å². The Hall–Kier alpha value is -4.28. The Morgan fingerprint density at radius 2 is 1.68 bits per heavy atom. The Balaban J connectivity index is 1.96. The fourth-order valence-electron chi connectivity index (χ4n) is 4.32. The minimum atomic E-state index is -1.24. The molecule has 0 spiro atoms. The van der Waals surface area contributed by atoms with Gasteiger partial charge in [-0.25, -0.2) is 4.79 Å². The molecule has 0 aliphatic heterocycles. The van der Waals surface area contributed by atoms with E-state index >= 15 is 0 Å². The summed E-state index contributed by atoms with van der Waals surface area (Å²) in [5.74, 6) is -1.73. The predicted octanol–water partition coefficient (Wildman–Crippen LogP) is 3.34. The monoisotopic (exact) mass is 569 g/mol. The van der Waals surface area contributed by atoms with Crippen LogP contribution in [0.3, 0.4) is 0 Å². The minimum Gasteiger partial charge on any atom is -0.508 e. The largest absolute Gasteiger partial charge is 0.508 e. The van der Waals surface area contributed by atoms with Crippen molar-refractivity contribution in [1.82, 2.24) is 15.5 Å². The number of rotatable bonds is 12. The third-order valence-corrected chi connectivity index (χ3v) is 6.25. The van der Waals surface area contributed by atoms with Gasteiger partial charge in [-0.3, -0.25) is 14.4 Å². The molecule has 0 heterocycles. The summed E-state index contributed by atoms with van der Waals surface area (Å²) < 4.78 is 10.3. The van der Waals surface area contributed by atoms with Crippen LogP contribution in [0.1, 0.15) is 64.1 Å². The highest BCUT2D eigenvalue weighted by atomic mass is 16.6. The number of nitrogens with zero attached hydrogens (tertiary/aromatic N) is 1. The first-order chi connectivity index (χ1) is 19.4. The van der Waals surface area contributed by atoms with Gasteiger partial charge in [-0.2, -0.15) is 0 Å². The number of esters is 1. The van der Waals surface area contributed by atoms with Gasteiger partial charge in [-0.1, -0.05) is 30.3 Å². The number of phenols is 2. The number of hydrogen-bond donors (Lipinski definition) is 4. The van der Waals surface area contributed by atoms with Gasteiger partial charge < -0.3 is 35.2 Å². The van der Waals surface area contributed by atoms with Crippen LogP contribution in [0.4, 0.5) is 4.79 Å². The topological polar surface area (TPSA) is 154 Å². The molecule has 4 N–H and O–H groups in total. The lowest BCUT2D eigenvalue weighted by Crippen LogP contribution is -2.54. The highest BCUT2D eigenvalue weighted by molar-refractivity contribution is 5.93. The van der Waals surface area contributed by atoms with E-state index in [0.29, 0.717) is 18.4 Å². The smallest absolute Gasteiger partial charge is 0.408 e. The van der Waals surface area contributed by atoms with Gasteiger partial charge in [0, 0.05) is 24.6 Å². The molecule has 0 aromatic heterocycles. The van der Waals surface area contributed by atoms with Gasteiger partial charge in [-0.15, -0.1) is 0 Å². The van der Waals surface area contributed by atoms with Crippen LogP contribution in [0.5, 0.6) is 11.5 Å². The molecule has 2 unspecified atom stereocenters. The molecule has 1 fully saturated rings. The number of alkyl carbamates (subject to hydrolysis) is 1. The Bertz CT molecular complexity index is 1220. The number of nitrogens with one attached hydrogen (secondary N) is 2. The van der Waals surface area contributed by atoms with E-state index in [4.69, 9.17) is 9.47 Å². The number of phenolic OH excluding ortho intramolecular Hbond substituents is 2. The lowest BCUT2D eigenvalue weighted by Gasteiger charge is -2.35. The van der Waals surface area contributed by atoms with Gasteiger partial charge in [0.25, 0.3) is 0 Å². The molecule has 2 atom stereocenters. The molecule has 3 rings (SSSR count). The van der Waals surface area contributed by atoms with Crippen molar-refractivity contribution in [3.63, 3.8) is 0 Å². The summed E-state index contributed by atoms with van der Waals surface area (Å²) in [5, 5.41) is 25.8. The Morgan fingerprint density at radius 3 is 2.27 bits per heavy atom. The van der Waals surface area contributed by atoms with E-state index in [9.17, 15) is 29.4 Å². The average molecular weight is 570 g/mol. The van der Waals surface area contributed by atoms with Gasteiger partial charge in [0.05, 0.1) is 13.0 Å². The third-order valence-electron chi connectivity index (χ3n) is 6.25. The summed E-state index contributed by atoms with van der Waals surface area (Å²) >= 11 is 0. The molecule has 1 saturated carbocycles. The van der Waals surface area contributed by atoms with Crippen LogP contribution in [0, 0.1) is 0 Å². The molecular weight excluding hydrogens is 530 g/mol. The highest BCUT2D eigenvalue weighted by Gasteiger charge is 2.44. The standard InChI is InChI=1S/C30H39N3O8/c1-5-40-25(36)16-17-31-27(37)26(22-8-6-7-9-24(22)35)33(20-12-13-20)28(38)23(32-29(39)41-30(2,3)4)18-19-10-14-21(34)15-11-19/h6-11,14-15,20,23,26,34-35H,5,12-13,16-18H2,1-4H3,(H,31,37)(H,32,39). The molecule has 2 aromatic carbocycles. The SMILES string of the molecule is CCOC(=O)CCNC(=O)C(c1ccccc1O)N(C(=O)C(Cc1ccc(O)cc1)NC(=O)OC(C)(C)C)C1CC1. The van der Waals surface area contributed by atoms with Crippen molar-refractivity contribution in [1.29, 1.82) is 0 Å². The van der Waals surface area contributed by atoms with Crippen molar-refractivity contribution in [3.8, 4) is 11.5 Å². The average Bonchev–Trinajstić information content (AvgIpc) is 3.72. The van der Waals surface area contributed by atoms with E-state index in [1.165, 1.54) is 23.1 Å². The van der Waals surface area contributed by atoms with Crippen molar-refractivity contribution in [2.75, 3.05) is 13.2 Å². The molecule has 2 aromatic rings. The summed E-state index contributed by atoms with van der Waals surface area (Å²) in [6, 6.07) is 9.79. The summed E-state index contributed by atoms with van der Waals surface area (Å²) in [7, 11) is 0. The number of benzene rings is 2. The molecule has 1 aliphatic carbocycles. The van der Waals surface area contributed by atoms with Crippen LogP contribution in [0.2, 0.25) is 0 Å². The number of hydrogen-bond acceptors (Lipinski definition) is 8. The zero-order valence-corrected chi connectivity index (χ0v) is 23.9. The number of carbonyl (C=O) groups is 4. The first-order valence-corrected chi connectivity index (χ1v) is 13.7. The Kier molecular flexibility index (Phi) is 10.6. The lowest BCUT2D eigenvalue weighted by atomic mass is 9.99. The molecule has 0 radical (unpaired) electrons. The second kappa shape index (κ2) is 13.9. The van der Waals surface area contributed by atoms with E-state index < -0.39 is 41.6 Å². The second-order valence-electron chi connectivity index (χ2n) is 10.9. The molecule has 11 heteroatoms. The zero-order chi connectivity index (χ0) is 30.2. The quantitative estimate of drug-likeness (QED) is 0.284. The summed E-state index contributed by atoms with van der Waals surface area (Å²) in [4.78, 5) is 53.9. The maximum Gasteiger partial charge on any atom is 0.408 e. The molecule has 0 bridgehead atoms. The van der Waals surface area contributed by atoms with Crippen LogP contribution in [0.15, 0.2) is 48.5 Å². The van der Waals surface area contributed by atoms with E-state index in [0.717, 1.165) is 0 Å². The van der Waals surface area contributed by atoms with Crippen molar-refractivity contribution in [2.24, 2.45) is 0 Å². The van der Waals surface area contributed by atoms with Crippen LogP contribution >= 0.6 is 0 Å². The number of carbonyl (C=O) groups excluding carboxylic acids is 4. The van der Waals surface area contributed by atoms with Crippen molar-refractivity contribution < 1.29 is 38.9 Å². The van der Waals surface area contributed by atoms with Gasteiger partial charge in [0.1, 0.15) is 29.2 Å². The Morgan fingerprint density at radius 1 is 1.02 bits per heavy atom. The summed E-state index contributed by atoms with van der Waals surface area (Å²) in [6.45, 7) is 6.98. The van der Waals surface area contributed by atoms with E-state index in [2.05, 4.69) is 10.6 Å². The highest BCUT2D eigenvalue weighted by Crippen LogP contribution is 2.38. The fourth-order valence-corrected chi connectivity index (χ4v) is 4.32. The third kappa shape index (κ3) is 9.40. The second-order valence-corrected chi connectivity index (χ2v) is 10.9. The van der Waals surface area contributed by atoms with Crippen LogP contribution in [0.25, 0.3) is 0 Å². The van der Waals surface area contributed by atoms with Crippen LogP contribution < -0.4 is 10.6 Å². The summed E-state index contributed by atoms with van der Waals surface area (Å²) in [6.07, 6.45) is 0.450. The normalized spacial score (nSPS) is 14.3. The zero-order valence-electron chi connectivity index (χ0n) is 23.9. The molecule has 3 amide bonds. The molecule has 11 nitrogen and oxygen atoms in total. The molecular formula is C30H39N3O8. The first kappa shape index (κ1) is 31.3. The number of aromatic hydroxyl groups is 2. The first-order valence-electron chi connectivity index (χ1n) is 13.7. The molecule has 0 saturated heterocycles. The predicted molar refractivity (Wildman–Crippen MR) is 150 cm³/mol. The molecule has 1 aliphatic rings. The van der Waals surface area contributed by atoms with Crippen molar-refractivity contribution in [3.05, 3.63) is 59.7 Å². The van der Waals surface area contributed by atoms with Crippen molar-refractivity contribution >= 4 is 23.9 Å². The molecule has 41 heavy (non-hydrogen) atoms. The van der Waals surface area contributed by atoms with Gasteiger partial charge in [0.2, 0.25) is 11.8 Å². The fraction of sp³-hybridized carbons (Fsp3) is 0.467. The van der Waals surface area contributed by atoms with Gasteiger partial charge in [0.15, 0.2) is 0 Å². The van der Waals surface area contributed by atoms with Crippen LogP contribution in [-0.2, 0) is 30.3 Å². The van der Waals surface area contributed by atoms with E-state index in [-0.39, 0.29) is 49.1 Å². The van der Waals surface area contributed by atoms with E-state index in [1.807, 2.05) is 0 Å². The van der Waals surface area contributed by atoms with E-state index in [1.54, 1.807) is 58.0 Å². The summed E-state index contributed by atoms with van der Waals surface area (Å²) in [5.41, 5.74) is 0.0526. The van der Waals surface area contributed by atoms with Gasteiger partial charge in [-0.05, 0) is 64.3 Å². The lowest BCUT2D eigenvalue weighted by molar-refractivity contribution is -0.144. The number of para-hydroxylation sites is 1. The maximum absolute atomic E-state index is 14.3. The van der Waals surface area contributed by atoms with Crippen molar-refractivity contribution in [2.45, 2.75) is 77.1 Å². The number of ether oxygens (including phenoxy) is 2.